The van der Waals surface area contributed by atoms with Gasteiger partial charge in [0.25, 0.3) is 0 Å². The first-order chi connectivity index (χ1) is 24.4. The Kier molecular flexibility index (Phi) is 13.4. The Morgan fingerprint density at radius 1 is 1.08 bits per heavy atom. The zero-order valence-electron chi connectivity index (χ0n) is 29.4. The fraction of sp³-hybridized carbons (Fsp3) is 0.615. The molecule has 11 heteroatoms. The molecule has 3 atom stereocenters. The SMILES string of the molecule is NCCCCN(CC[C@H]1CN(CC[C@H](NC(=O)C2CCC(F)(F)CC2)c2ccccc2)CCN1Cc1cncs1)[C@H]1CCCc2cccnc21. The van der Waals surface area contributed by atoms with E-state index in [2.05, 4.69) is 49.3 Å². The number of hydrogen-bond donors (Lipinski definition) is 2. The quantitative estimate of drug-likeness (QED) is 0.162. The number of aromatic nitrogens is 2. The Morgan fingerprint density at radius 3 is 2.70 bits per heavy atom. The van der Waals surface area contributed by atoms with E-state index in [9.17, 15) is 13.6 Å². The number of rotatable bonds is 16. The number of piperazine rings is 1. The maximum atomic E-state index is 13.8. The van der Waals surface area contributed by atoms with Gasteiger partial charge in [-0.25, -0.2) is 8.78 Å². The van der Waals surface area contributed by atoms with Crippen molar-refractivity contribution in [2.45, 2.75) is 101 Å². The minimum absolute atomic E-state index is 0.0879. The molecule has 3 N–H and O–H groups in total. The Balaban J connectivity index is 1.12. The number of halogens is 2. The van der Waals surface area contributed by atoms with Crippen LogP contribution in [0.3, 0.4) is 0 Å². The first-order valence-corrected chi connectivity index (χ1v) is 19.7. The zero-order chi connectivity index (χ0) is 34.8. The molecule has 3 aromatic rings. The molecule has 1 saturated carbocycles. The van der Waals surface area contributed by atoms with E-state index in [1.54, 1.807) is 11.3 Å². The van der Waals surface area contributed by atoms with Gasteiger partial charge in [-0.05, 0) is 88.1 Å². The molecular formula is C39H55F2N7OS. The van der Waals surface area contributed by atoms with Crippen molar-refractivity contribution < 1.29 is 13.6 Å². The van der Waals surface area contributed by atoms with Gasteiger partial charge in [0, 0.05) is 81.3 Å². The lowest BCUT2D eigenvalue weighted by atomic mass is 9.86. The molecule has 50 heavy (non-hydrogen) atoms. The fourth-order valence-corrected chi connectivity index (χ4v) is 8.83. The number of nitrogens with one attached hydrogen (secondary N) is 1. The van der Waals surface area contributed by atoms with Crippen LogP contribution in [0.2, 0.25) is 0 Å². The van der Waals surface area contributed by atoms with Crippen LogP contribution in [0.5, 0.6) is 0 Å². The summed E-state index contributed by atoms with van der Waals surface area (Å²) in [6, 6.07) is 15.0. The molecule has 8 nitrogen and oxygen atoms in total. The lowest BCUT2D eigenvalue weighted by Gasteiger charge is -2.43. The molecule has 0 unspecified atom stereocenters. The van der Waals surface area contributed by atoms with Crippen LogP contribution in [-0.2, 0) is 17.8 Å². The lowest BCUT2D eigenvalue weighted by Crippen LogP contribution is -2.54. The molecule has 1 aromatic carbocycles. The Hall–Kier alpha value is -2.83. The first-order valence-electron chi connectivity index (χ1n) is 18.8. The normalized spacial score (nSPS) is 22.3. The van der Waals surface area contributed by atoms with E-state index in [0.717, 1.165) is 89.9 Å². The molecule has 0 bridgehead atoms. The van der Waals surface area contributed by atoms with E-state index in [1.807, 2.05) is 36.1 Å². The molecular weight excluding hydrogens is 653 g/mol. The number of carbonyl (C=O) groups is 1. The number of amides is 1. The average Bonchev–Trinajstić information content (AvgIpc) is 3.65. The van der Waals surface area contributed by atoms with Crippen molar-refractivity contribution in [3.05, 3.63) is 82.1 Å². The van der Waals surface area contributed by atoms with Gasteiger partial charge in [0.2, 0.25) is 11.8 Å². The largest absolute Gasteiger partial charge is 0.349 e. The molecule has 272 valence electrons. The Labute approximate surface area is 300 Å². The number of carbonyl (C=O) groups excluding carboxylic acids is 1. The van der Waals surface area contributed by atoms with E-state index in [1.165, 1.54) is 22.6 Å². The second kappa shape index (κ2) is 18.1. The third-order valence-corrected chi connectivity index (χ3v) is 11.9. The predicted octanol–water partition coefficient (Wildman–Crippen LogP) is 6.61. The summed E-state index contributed by atoms with van der Waals surface area (Å²) < 4.78 is 27.7. The van der Waals surface area contributed by atoms with Crippen LogP contribution in [-0.4, -0.2) is 88.4 Å². The summed E-state index contributed by atoms with van der Waals surface area (Å²) in [5, 5.41) is 3.28. The summed E-state index contributed by atoms with van der Waals surface area (Å²) in [6.45, 7) is 7.41. The van der Waals surface area contributed by atoms with Gasteiger partial charge in [-0.1, -0.05) is 36.4 Å². The Morgan fingerprint density at radius 2 is 1.92 bits per heavy atom. The fourth-order valence-electron chi connectivity index (χ4n) is 8.21. The summed E-state index contributed by atoms with van der Waals surface area (Å²) in [4.78, 5) is 31.8. The molecule has 6 rings (SSSR count). The molecule has 0 radical (unpaired) electrons. The minimum atomic E-state index is -2.65. The molecule has 2 aliphatic carbocycles. The number of unbranched alkanes of at least 4 members (excludes halogenated alkanes) is 1. The number of aryl methyl sites for hydroxylation is 1. The zero-order valence-corrected chi connectivity index (χ0v) is 30.2. The predicted molar refractivity (Wildman–Crippen MR) is 196 cm³/mol. The summed E-state index contributed by atoms with van der Waals surface area (Å²) in [6.07, 6.45) is 11.4. The third kappa shape index (κ3) is 10.2. The van der Waals surface area contributed by atoms with Gasteiger partial charge in [-0.3, -0.25) is 24.6 Å². The van der Waals surface area contributed by atoms with Gasteiger partial charge in [0.05, 0.1) is 23.3 Å². The van der Waals surface area contributed by atoms with Gasteiger partial charge in [0.1, 0.15) is 0 Å². The lowest BCUT2D eigenvalue weighted by molar-refractivity contribution is -0.130. The van der Waals surface area contributed by atoms with Crippen molar-refractivity contribution in [2.75, 3.05) is 45.8 Å². The monoisotopic (exact) mass is 707 g/mol. The molecule has 1 aliphatic heterocycles. The van der Waals surface area contributed by atoms with Crippen molar-refractivity contribution in [3.63, 3.8) is 0 Å². The minimum Gasteiger partial charge on any atom is -0.349 e. The van der Waals surface area contributed by atoms with Crippen LogP contribution in [0.4, 0.5) is 8.78 Å². The van der Waals surface area contributed by atoms with E-state index in [4.69, 9.17) is 10.7 Å². The molecule has 0 spiro atoms. The van der Waals surface area contributed by atoms with Crippen LogP contribution in [0.25, 0.3) is 0 Å². The van der Waals surface area contributed by atoms with Gasteiger partial charge in [-0.15, -0.1) is 11.3 Å². The van der Waals surface area contributed by atoms with Crippen LogP contribution in [0.15, 0.2) is 60.4 Å². The van der Waals surface area contributed by atoms with Crippen molar-refractivity contribution in [2.24, 2.45) is 11.7 Å². The second-order valence-corrected chi connectivity index (χ2v) is 15.5. The van der Waals surface area contributed by atoms with Crippen molar-refractivity contribution in [3.8, 4) is 0 Å². The molecule has 3 heterocycles. The number of hydrogen-bond acceptors (Lipinski definition) is 8. The number of nitrogens with zero attached hydrogens (tertiary/aromatic N) is 5. The van der Waals surface area contributed by atoms with E-state index in [-0.39, 0.29) is 43.6 Å². The van der Waals surface area contributed by atoms with Gasteiger partial charge in [0.15, 0.2) is 0 Å². The van der Waals surface area contributed by atoms with Crippen LogP contribution in [0, 0.1) is 5.92 Å². The highest BCUT2D eigenvalue weighted by molar-refractivity contribution is 7.09. The van der Waals surface area contributed by atoms with Crippen molar-refractivity contribution in [1.29, 1.82) is 0 Å². The van der Waals surface area contributed by atoms with Crippen LogP contribution >= 0.6 is 11.3 Å². The Bertz CT molecular complexity index is 1450. The highest BCUT2D eigenvalue weighted by Crippen LogP contribution is 2.37. The van der Waals surface area contributed by atoms with Crippen LogP contribution < -0.4 is 11.1 Å². The average molecular weight is 708 g/mol. The molecule has 2 aromatic heterocycles. The number of thiazole rings is 1. The van der Waals surface area contributed by atoms with E-state index in [0.29, 0.717) is 18.6 Å². The maximum Gasteiger partial charge on any atom is 0.248 e. The number of alkyl halides is 2. The van der Waals surface area contributed by atoms with Gasteiger partial charge >= 0.3 is 0 Å². The van der Waals surface area contributed by atoms with E-state index >= 15 is 0 Å². The number of nitrogens with two attached hydrogens (primary N) is 1. The van der Waals surface area contributed by atoms with Crippen molar-refractivity contribution >= 4 is 17.2 Å². The van der Waals surface area contributed by atoms with Gasteiger partial charge in [-0.2, -0.15) is 0 Å². The maximum absolute atomic E-state index is 13.8. The third-order valence-electron chi connectivity index (χ3n) is 11.1. The highest BCUT2D eigenvalue weighted by atomic mass is 32.1. The molecule has 1 saturated heterocycles. The molecule has 1 amide bonds. The smallest absolute Gasteiger partial charge is 0.248 e. The summed E-state index contributed by atoms with van der Waals surface area (Å²) >= 11 is 1.72. The molecule has 2 fully saturated rings. The van der Waals surface area contributed by atoms with Gasteiger partial charge < -0.3 is 16.0 Å². The van der Waals surface area contributed by atoms with E-state index < -0.39 is 5.92 Å². The number of fused-ring (bicyclic) bond motifs is 1. The number of pyridine rings is 1. The van der Waals surface area contributed by atoms with Crippen LogP contribution in [0.1, 0.15) is 98.0 Å². The first kappa shape index (κ1) is 36.9. The second-order valence-electron chi connectivity index (χ2n) is 14.6. The number of benzene rings is 1. The molecule has 3 aliphatic rings. The highest BCUT2D eigenvalue weighted by Gasteiger charge is 2.38. The summed E-state index contributed by atoms with van der Waals surface area (Å²) in [7, 11) is 0. The topological polar surface area (TPSA) is 90.6 Å². The summed E-state index contributed by atoms with van der Waals surface area (Å²) in [5.74, 6) is -3.08. The van der Waals surface area contributed by atoms with Crippen molar-refractivity contribution in [1.82, 2.24) is 30.0 Å². The standard InChI is InChI=1S/C39H55F2N7OS/c40-39(41)17-13-32(14-18-39)38(49)45-35(30-8-2-1-3-9-30)16-22-46-24-25-48(28-34-26-43-29-50-34)33(27-46)15-23-47(21-5-4-19-42)36-12-6-10-31-11-7-20-44-37(31)36/h1-3,7-9,11,20,26,29,32-33,35-36H,4-6,10,12-19,21-25,27-28,42H2,(H,45,49)/t33-,35-,36-/m0/s1. The summed E-state index contributed by atoms with van der Waals surface area (Å²) in [5.41, 5.74) is 11.6.